The van der Waals surface area contributed by atoms with Crippen molar-refractivity contribution in [1.82, 2.24) is 15.1 Å². The number of rotatable bonds is 6. The standard InChI is InChI=1S/C21H26ClN3O2/c1-24-10-12-25(13-11-24)20(18-8-3-4-9-19(18)22)15-23-21(26)16-6-5-7-17(14-16)27-2/h3-9,14,20H,10-13,15H2,1-2H3,(H,23,26). The molecule has 1 unspecified atom stereocenters. The summed E-state index contributed by atoms with van der Waals surface area (Å²) in [6, 6.07) is 15.1. The van der Waals surface area contributed by atoms with Crippen LogP contribution < -0.4 is 10.1 Å². The molecule has 2 aromatic carbocycles. The highest BCUT2D eigenvalue weighted by molar-refractivity contribution is 6.31. The molecule has 1 fully saturated rings. The zero-order chi connectivity index (χ0) is 19.2. The van der Waals surface area contributed by atoms with Crippen LogP contribution in [0.4, 0.5) is 0 Å². The van der Waals surface area contributed by atoms with Gasteiger partial charge in [-0.1, -0.05) is 35.9 Å². The summed E-state index contributed by atoms with van der Waals surface area (Å²) in [5.74, 6) is 0.560. The molecule has 1 amide bonds. The fourth-order valence-electron chi connectivity index (χ4n) is 3.37. The number of hydrogen-bond acceptors (Lipinski definition) is 4. The summed E-state index contributed by atoms with van der Waals surface area (Å²) < 4.78 is 5.21. The number of likely N-dealkylation sites (N-methyl/N-ethyl adjacent to an activating group) is 1. The normalized spacial score (nSPS) is 16.7. The lowest BCUT2D eigenvalue weighted by atomic mass is 10.0. The van der Waals surface area contributed by atoms with Crippen LogP contribution >= 0.6 is 11.6 Å². The van der Waals surface area contributed by atoms with Gasteiger partial charge in [0.05, 0.1) is 13.2 Å². The molecule has 2 aromatic rings. The minimum Gasteiger partial charge on any atom is -0.497 e. The molecule has 0 spiro atoms. The van der Waals surface area contributed by atoms with E-state index in [2.05, 4.69) is 22.2 Å². The molecule has 0 radical (unpaired) electrons. The maximum absolute atomic E-state index is 12.6. The summed E-state index contributed by atoms with van der Waals surface area (Å²) in [5, 5.41) is 3.81. The number of ether oxygens (including phenoxy) is 1. The maximum Gasteiger partial charge on any atom is 0.251 e. The Kier molecular flexibility index (Phi) is 6.72. The molecular weight excluding hydrogens is 362 g/mol. The third-order valence-corrected chi connectivity index (χ3v) is 5.37. The number of amides is 1. The van der Waals surface area contributed by atoms with Crippen molar-refractivity contribution in [2.45, 2.75) is 6.04 Å². The van der Waals surface area contributed by atoms with Gasteiger partial charge in [-0.15, -0.1) is 0 Å². The van der Waals surface area contributed by atoms with Crippen molar-refractivity contribution in [3.05, 3.63) is 64.7 Å². The van der Waals surface area contributed by atoms with Gasteiger partial charge in [0.25, 0.3) is 5.91 Å². The summed E-state index contributed by atoms with van der Waals surface area (Å²) in [6.45, 7) is 4.40. The van der Waals surface area contributed by atoms with Gasteiger partial charge in [-0.2, -0.15) is 0 Å². The number of nitrogens with one attached hydrogen (secondary N) is 1. The van der Waals surface area contributed by atoms with Gasteiger partial charge in [0.1, 0.15) is 5.75 Å². The highest BCUT2D eigenvalue weighted by atomic mass is 35.5. The highest BCUT2D eigenvalue weighted by Gasteiger charge is 2.26. The van der Waals surface area contributed by atoms with Crippen LogP contribution in [0.15, 0.2) is 48.5 Å². The van der Waals surface area contributed by atoms with E-state index in [4.69, 9.17) is 16.3 Å². The first-order valence-electron chi connectivity index (χ1n) is 9.17. The average molecular weight is 388 g/mol. The Hall–Kier alpha value is -2.08. The number of nitrogens with zero attached hydrogens (tertiary/aromatic N) is 2. The predicted octanol–water partition coefficient (Wildman–Crippen LogP) is 3.07. The Bertz CT molecular complexity index is 776. The third kappa shape index (κ3) is 5.01. The molecule has 1 saturated heterocycles. The molecule has 0 saturated carbocycles. The first kappa shape index (κ1) is 19.7. The number of piperazine rings is 1. The van der Waals surface area contributed by atoms with E-state index in [-0.39, 0.29) is 11.9 Å². The SMILES string of the molecule is COc1cccc(C(=O)NCC(c2ccccc2Cl)N2CCN(C)CC2)c1. The summed E-state index contributed by atoms with van der Waals surface area (Å²) in [5.41, 5.74) is 1.64. The number of carbonyl (C=O) groups is 1. The lowest BCUT2D eigenvalue weighted by Gasteiger charge is -2.38. The molecule has 1 aliphatic heterocycles. The van der Waals surface area contributed by atoms with Gasteiger partial charge < -0.3 is 15.0 Å². The van der Waals surface area contributed by atoms with Gasteiger partial charge >= 0.3 is 0 Å². The van der Waals surface area contributed by atoms with Crippen LogP contribution in [0.1, 0.15) is 22.0 Å². The summed E-state index contributed by atoms with van der Waals surface area (Å²) in [4.78, 5) is 17.4. The molecule has 0 aromatic heterocycles. The van der Waals surface area contributed by atoms with Crippen molar-refractivity contribution in [2.75, 3.05) is 46.9 Å². The first-order valence-corrected chi connectivity index (χ1v) is 9.55. The van der Waals surface area contributed by atoms with Gasteiger partial charge in [0.15, 0.2) is 0 Å². The van der Waals surface area contributed by atoms with Crippen molar-refractivity contribution in [3.8, 4) is 5.75 Å². The van der Waals surface area contributed by atoms with E-state index < -0.39 is 0 Å². The molecule has 1 heterocycles. The van der Waals surface area contributed by atoms with Crippen LogP contribution in [0.3, 0.4) is 0 Å². The molecule has 0 bridgehead atoms. The number of benzene rings is 2. The first-order chi connectivity index (χ1) is 13.1. The Balaban J connectivity index is 1.75. The fraction of sp³-hybridized carbons (Fsp3) is 0.381. The highest BCUT2D eigenvalue weighted by Crippen LogP contribution is 2.28. The lowest BCUT2D eigenvalue weighted by molar-refractivity contribution is 0.0886. The number of halogens is 1. The van der Waals surface area contributed by atoms with Crippen molar-refractivity contribution < 1.29 is 9.53 Å². The zero-order valence-electron chi connectivity index (χ0n) is 15.8. The fourth-order valence-corrected chi connectivity index (χ4v) is 3.63. The van der Waals surface area contributed by atoms with E-state index in [9.17, 15) is 4.79 Å². The molecule has 1 N–H and O–H groups in total. The average Bonchev–Trinajstić information content (AvgIpc) is 2.70. The van der Waals surface area contributed by atoms with E-state index in [1.165, 1.54) is 0 Å². The van der Waals surface area contributed by atoms with Crippen LogP contribution in [-0.4, -0.2) is 62.6 Å². The van der Waals surface area contributed by atoms with Crippen LogP contribution in [-0.2, 0) is 0 Å². The lowest BCUT2D eigenvalue weighted by Crippen LogP contribution is -2.48. The molecule has 5 nitrogen and oxygen atoms in total. The number of hydrogen-bond donors (Lipinski definition) is 1. The molecule has 0 aliphatic carbocycles. The second-order valence-corrected chi connectivity index (χ2v) is 7.23. The molecule has 3 rings (SSSR count). The predicted molar refractivity (Wildman–Crippen MR) is 109 cm³/mol. The van der Waals surface area contributed by atoms with Gasteiger partial charge in [-0.3, -0.25) is 9.69 Å². The van der Waals surface area contributed by atoms with Crippen molar-refractivity contribution in [2.24, 2.45) is 0 Å². The number of methoxy groups -OCH3 is 1. The molecule has 1 atom stereocenters. The van der Waals surface area contributed by atoms with Crippen molar-refractivity contribution in [3.63, 3.8) is 0 Å². The van der Waals surface area contributed by atoms with Gasteiger partial charge in [0.2, 0.25) is 0 Å². The molecule has 6 heteroatoms. The minimum absolute atomic E-state index is 0.0435. The molecule has 144 valence electrons. The van der Waals surface area contributed by atoms with E-state index in [1.807, 2.05) is 36.4 Å². The topological polar surface area (TPSA) is 44.8 Å². The Morgan fingerprint density at radius 3 is 2.59 bits per heavy atom. The Morgan fingerprint density at radius 1 is 1.15 bits per heavy atom. The molecule has 27 heavy (non-hydrogen) atoms. The zero-order valence-corrected chi connectivity index (χ0v) is 16.6. The van der Waals surface area contributed by atoms with Gasteiger partial charge in [-0.25, -0.2) is 0 Å². The van der Waals surface area contributed by atoms with Crippen LogP contribution in [0.25, 0.3) is 0 Å². The van der Waals surface area contributed by atoms with Crippen molar-refractivity contribution in [1.29, 1.82) is 0 Å². The largest absolute Gasteiger partial charge is 0.497 e. The summed E-state index contributed by atoms with van der Waals surface area (Å²) >= 11 is 6.47. The monoisotopic (exact) mass is 387 g/mol. The quantitative estimate of drug-likeness (QED) is 0.827. The van der Waals surface area contributed by atoms with Crippen LogP contribution in [0, 0.1) is 0 Å². The Morgan fingerprint density at radius 2 is 1.89 bits per heavy atom. The van der Waals surface area contributed by atoms with E-state index in [1.54, 1.807) is 19.2 Å². The van der Waals surface area contributed by atoms with Crippen molar-refractivity contribution >= 4 is 17.5 Å². The summed E-state index contributed by atoms with van der Waals surface area (Å²) in [6.07, 6.45) is 0. The maximum atomic E-state index is 12.6. The smallest absolute Gasteiger partial charge is 0.251 e. The van der Waals surface area contributed by atoms with E-state index in [0.29, 0.717) is 17.9 Å². The van der Waals surface area contributed by atoms with Crippen LogP contribution in [0.2, 0.25) is 5.02 Å². The van der Waals surface area contributed by atoms with Gasteiger partial charge in [0, 0.05) is 43.3 Å². The van der Waals surface area contributed by atoms with Gasteiger partial charge in [-0.05, 0) is 36.9 Å². The second-order valence-electron chi connectivity index (χ2n) is 6.82. The van der Waals surface area contributed by atoms with Crippen LogP contribution in [0.5, 0.6) is 5.75 Å². The Labute approximate surface area is 165 Å². The number of carbonyl (C=O) groups excluding carboxylic acids is 1. The van der Waals surface area contributed by atoms with E-state index in [0.717, 1.165) is 36.8 Å². The third-order valence-electron chi connectivity index (χ3n) is 5.03. The molecular formula is C21H26ClN3O2. The second kappa shape index (κ2) is 9.22. The minimum atomic E-state index is -0.111. The summed E-state index contributed by atoms with van der Waals surface area (Å²) in [7, 11) is 3.73. The van der Waals surface area contributed by atoms with E-state index >= 15 is 0 Å². The molecule has 1 aliphatic rings.